The minimum absolute atomic E-state index is 0.919. The molecule has 0 radical (unpaired) electrons. The predicted octanol–water partition coefficient (Wildman–Crippen LogP) is 21.1. The van der Waals surface area contributed by atoms with Crippen LogP contribution in [0.5, 0.6) is 0 Å². The average Bonchev–Trinajstić information content (AvgIpc) is 1.44. The summed E-state index contributed by atoms with van der Waals surface area (Å²) >= 11 is 3.55. The van der Waals surface area contributed by atoms with Crippen molar-refractivity contribution in [2.45, 2.75) is 55.4 Å². The topological polar surface area (TPSA) is 45.5 Å². The summed E-state index contributed by atoms with van der Waals surface area (Å²) in [4.78, 5) is 11.9. The third-order valence-corrected chi connectivity index (χ3v) is 19.7. The lowest BCUT2D eigenvalue weighted by molar-refractivity contribution is 1.05. The molecule has 402 valence electrons. The van der Waals surface area contributed by atoms with Crippen molar-refractivity contribution in [1.29, 1.82) is 0 Å². The summed E-state index contributed by atoms with van der Waals surface area (Å²) in [5.41, 5.74) is 26.6. The standard InChI is InChI=1S/C76H56N6S2/c1-41-17-25-59-49(33-41)50-34-42(2)18-26-60(50)79(59)71-69(75-77-57-13-9-11-15-67(57)83-75)73(81-63-29-21-45(5)37-53(63)54-38-46(6)22-30-64(54)81)74(82-65-31-23-47(7)39-55(65)56-40-48(8)24-32-66(56)82)70(76-78-58-14-10-12-16-68(58)84-76)72(71)80-61-27-19-43(3)35-51(61)52-36-44(4)20-28-62(52)80/h9-40H,1-8H3. The van der Waals surface area contributed by atoms with Gasteiger partial charge in [0.2, 0.25) is 0 Å². The van der Waals surface area contributed by atoms with Crippen LogP contribution in [-0.4, -0.2) is 28.2 Å². The molecule has 0 N–H and O–H groups in total. The monoisotopic (exact) mass is 1120 g/mol. The summed E-state index contributed by atoms with van der Waals surface area (Å²) in [7, 11) is 0. The Balaban J connectivity index is 1.27. The Hall–Kier alpha value is -9.60. The van der Waals surface area contributed by atoms with E-state index >= 15 is 0 Å². The number of aryl methyl sites for hydroxylation is 8. The lowest BCUT2D eigenvalue weighted by Gasteiger charge is -2.30. The van der Waals surface area contributed by atoms with Crippen molar-refractivity contribution in [3.05, 3.63) is 239 Å². The lowest BCUT2D eigenvalue weighted by atomic mass is 9.97. The Labute approximate surface area is 493 Å². The van der Waals surface area contributed by atoms with Gasteiger partial charge in [0.05, 0.1) is 98.4 Å². The van der Waals surface area contributed by atoms with Crippen LogP contribution in [0, 0.1) is 55.4 Å². The summed E-state index contributed by atoms with van der Waals surface area (Å²) in [6.45, 7) is 17.8. The highest BCUT2D eigenvalue weighted by atomic mass is 32.1. The van der Waals surface area contributed by atoms with E-state index in [1.54, 1.807) is 22.7 Å². The molecule has 0 atom stereocenters. The highest BCUT2D eigenvalue weighted by molar-refractivity contribution is 7.22. The molecule has 0 amide bonds. The van der Waals surface area contributed by atoms with Crippen molar-refractivity contribution in [3.63, 3.8) is 0 Å². The quantitative estimate of drug-likeness (QED) is 0.167. The van der Waals surface area contributed by atoms with Gasteiger partial charge in [-0.3, -0.25) is 0 Å². The maximum absolute atomic E-state index is 5.94. The van der Waals surface area contributed by atoms with Gasteiger partial charge in [-0.1, -0.05) is 117 Å². The van der Waals surface area contributed by atoms with Gasteiger partial charge in [-0.05, 0) is 177 Å². The predicted molar refractivity (Wildman–Crippen MR) is 359 cm³/mol. The molecule has 0 aliphatic carbocycles. The van der Waals surface area contributed by atoms with Crippen LogP contribution < -0.4 is 0 Å². The first kappa shape index (κ1) is 49.0. The lowest BCUT2D eigenvalue weighted by Crippen LogP contribution is -2.16. The van der Waals surface area contributed by atoms with Gasteiger partial charge >= 0.3 is 0 Å². The fourth-order valence-corrected chi connectivity index (χ4v) is 15.9. The number of para-hydroxylation sites is 2. The average molecular weight is 1120 g/mol. The number of hydrogen-bond donors (Lipinski definition) is 0. The van der Waals surface area contributed by atoms with Gasteiger partial charge in [-0.25, -0.2) is 9.97 Å². The van der Waals surface area contributed by atoms with Crippen LogP contribution in [0.3, 0.4) is 0 Å². The molecule has 0 aliphatic rings. The molecule has 0 saturated carbocycles. The Kier molecular flexibility index (Phi) is 10.5. The Morgan fingerprint density at radius 1 is 0.250 bits per heavy atom. The number of hydrogen-bond acceptors (Lipinski definition) is 4. The van der Waals surface area contributed by atoms with E-state index in [1.165, 1.54) is 87.6 Å². The zero-order chi connectivity index (χ0) is 56.5. The van der Waals surface area contributed by atoms with Crippen molar-refractivity contribution >= 4 is 130 Å². The fourth-order valence-electron chi connectivity index (χ4n) is 13.9. The molecule has 6 heterocycles. The van der Waals surface area contributed by atoms with Crippen LogP contribution >= 0.6 is 22.7 Å². The number of aromatic nitrogens is 6. The first-order valence-corrected chi connectivity index (χ1v) is 30.6. The van der Waals surface area contributed by atoms with Crippen LogP contribution in [0.15, 0.2) is 194 Å². The molecule has 8 heteroatoms. The second-order valence-corrected chi connectivity index (χ2v) is 25.7. The van der Waals surface area contributed by atoms with Crippen LogP contribution in [0.1, 0.15) is 44.5 Å². The highest BCUT2D eigenvalue weighted by Crippen LogP contribution is 2.56. The van der Waals surface area contributed by atoms with Crippen molar-refractivity contribution in [3.8, 4) is 43.9 Å². The van der Waals surface area contributed by atoms with E-state index in [4.69, 9.17) is 9.97 Å². The van der Waals surface area contributed by atoms with Crippen LogP contribution in [0.2, 0.25) is 0 Å². The fraction of sp³-hybridized carbons (Fsp3) is 0.105. The molecule has 0 saturated heterocycles. The Morgan fingerprint density at radius 3 is 0.655 bits per heavy atom. The summed E-state index contributed by atoms with van der Waals surface area (Å²) in [6.07, 6.45) is 0. The van der Waals surface area contributed by atoms with Crippen molar-refractivity contribution in [2.75, 3.05) is 0 Å². The molecule has 17 rings (SSSR count). The molecule has 17 aromatic rings. The molecular formula is C76H56N6S2. The normalized spacial score (nSPS) is 12.3. The maximum atomic E-state index is 5.94. The largest absolute Gasteiger partial charge is 0.306 e. The van der Waals surface area contributed by atoms with E-state index in [0.29, 0.717) is 0 Å². The summed E-state index contributed by atoms with van der Waals surface area (Å²) < 4.78 is 12.7. The molecule has 0 fully saturated rings. The van der Waals surface area contributed by atoms with Gasteiger partial charge < -0.3 is 18.3 Å². The van der Waals surface area contributed by atoms with Crippen LogP contribution in [-0.2, 0) is 0 Å². The number of thiazole rings is 2. The zero-order valence-electron chi connectivity index (χ0n) is 48.0. The van der Waals surface area contributed by atoms with Crippen molar-refractivity contribution < 1.29 is 0 Å². The molecule has 0 aliphatic heterocycles. The van der Waals surface area contributed by atoms with E-state index in [-0.39, 0.29) is 0 Å². The SMILES string of the molecule is Cc1ccc2c(c1)c1cc(C)ccc1n2-c1c(-c2nc3ccccc3s2)c(-n2c3ccc(C)cc3c3cc(C)ccc32)c(-n2c3ccc(C)cc3c3cc(C)ccc32)c(-c2nc3ccccc3s2)c1-n1c2ccc(C)cc2c2cc(C)ccc21. The first-order chi connectivity index (χ1) is 40.9. The van der Waals surface area contributed by atoms with Gasteiger partial charge in [-0.2, -0.15) is 0 Å². The molecular weight excluding hydrogens is 1060 g/mol. The molecule has 6 aromatic heterocycles. The number of fused-ring (bicyclic) bond motifs is 14. The van der Waals surface area contributed by atoms with E-state index < -0.39 is 0 Å². The van der Waals surface area contributed by atoms with Crippen LogP contribution in [0.4, 0.5) is 0 Å². The Bertz CT molecular complexity index is 4800. The third kappa shape index (κ3) is 7.08. The van der Waals surface area contributed by atoms with Gasteiger partial charge in [0.25, 0.3) is 0 Å². The first-order valence-electron chi connectivity index (χ1n) is 29.0. The summed E-state index contributed by atoms with van der Waals surface area (Å²) in [5.74, 6) is 0. The number of benzene rings is 11. The smallest absolute Gasteiger partial charge is 0.129 e. The van der Waals surface area contributed by atoms with E-state index in [2.05, 4.69) is 268 Å². The number of rotatable bonds is 6. The minimum Gasteiger partial charge on any atom is -0.306 e. The molecule has 84 heavy (non-hydrogen) atoms. The summed E-state index contributed by atoms with van der Waals surface area (Å²) in [5, 5.41) is 11.4. The van der Waals surface area contributed by atoms with Crippen molar-refractivity contribution in [2.24, 2.45) is 0 Å². The zero-order valence-corrected chi connectivity index (χ0v) is 49.6. The Morgan fingerprint density at radius 2 is 0.452 bits per heavy atom. The molecule has 0 bridgehead atoms. The second kappa shape index (κ2) is 18.0. The molecule has 6 nitrogen and oxygen atoms in total. The number of nitrogens with zero attached hydrogens (tertiary/aromatic N) is 6. The highest BCUT2D eigenvalue weighted by Gasteiger charge is 2.37. The second-order valence-electron chi connectivity index (χ2n) is 23.6. The van der Waals surface area contributed by atoms with E-state index in [1.807, 2.05) is 0 Å². The van der Waals surface area contributed by atoms with Gasteiger partial charge in [-0.15, -0.1) is 22.7 Å². The van der Waals surface area contributed by atoms with Gasteiger partial charge in [0.1, 0.15) is 10.0 Å². The third-order valence-electron chi connectivity index (χ3n) is 17.6. The minimum atomic E-state index is 0.919. The van der Waals surface area contributed by atoms with Gasteiger partial charge in [0.15, 0.2) is 0 Å². The van der Waals surface area contributed by atoms with Crippen LogP contribution in [0.25, 0.3) is 152 Å². The maximum Gasteiger partial charge on any atom is 0.129 e. The summed E-state index contributed by atoms with van der Waals surface area (Å²) in [6, 6.07) is 73.7. The van der Waals surface area contributed by atoms with E-state index in [0.717, 1.165) is 108 Å². The molecule has 0 unspecified atom stereocenters. The molecule has 0 spiro atoms. The van der Waals surface area contributed by atoms with Crippen molar-refractivity contribution in [1.82, 2.24) is 28.2 Å². The van der Waals surface area contributed by atoms with E-state index in [9.17, 15) is 0 Å². The molecule has 11 aromatic carbocycles. The van der Waals surface area contributed by atoms with Gasteiger partial charge in [0, 0.05) is 43.1 Å².